The van der Waals surface area contributed by atoms with Crippen LogP contribution in [0, 0.1) is 11.3 Å². The number of nitrogen functional groups attached to an aromatic ring is 2. The van der Waals surface area contributed by atoms with E-state index in [0.717, 1.165) is 11.3 Å². The lowest BCUT2D eigenvalue weighted by atomic mass is 10.0. The number of aryl methyl sites for hydroxylation is 1. The van der Waals surface area contributed by atoms with Crippen LogP contribution in [0.25, 0.3) is 21.5 Å². The summed E-state index contributed by atoms with van der Waals surface area (Å²) in [5.41, 5.74) is 12.8. The summed E-state index contributed by atoms with van der Waals surface area (Å²) in [7, 11) is 1.63. The zero-order valence-corrected chi connectivity index (χ0v) is 14.6. The molecule has 0 radical (unpaired) electrons. The largest absolute Gasteiger partial charge is 0.857 e. The van der Waals surface area contributed by atoms with Crippen LogP contribution < -0.4 is 21.3 Å². The molecule has 11 heteroatoms. The van der Waals surface area contributed by atoms with Gasteiger partial charge in [-0.3, -0.25) is 4.52 Å². The molecule has 4 N–H and O–H groups in total. The van der Waals surface area contributed by atoms with E-state index >= 15 is 0 Å². The summed E-state index contributed by atoms with van der Waals surface area (Å²) in [5, 5.41) is 26.1. The number of hydrogen-bond acceptors (Lipinski definition) is 10. The van der Waals surface area contributed by atoms with E-state index in [9.17, 15) is 10.4 Å². The van der Waals surface area contributed by atoms with Crippen molar-refractivity contribution in [3.63, 3.8) is 0 Å². The Morgan fingerprint density at radius 1 is 1.44 bits per heavy atom. The first-order chi connectivity index (χ1) is 13.0. The van der Waals surface area contributed by atoms with Gasteiger partial charge in [-0.25, -0.2) is 9.98 Å². The molecule has 0 spiro atoms. The fourth-order valence-corrected chi connectivity index (χ4v) is 3.62. The van der Waals surface area contributed by atoms with Crippen molar-refractivity contribution >= 4 is 44.8 Å². The molecular weight excluding hydrogens is 370 g/mol. The van der Waals surface area contributed by atoms with Crippen molar-refractivity contribution in [1.82, 2.24) is 10.3 Å². The van der Waals surface area contributed by atoms with E-state index in [-0.39, 0.29) is 27.8 Å². The van der Waals surface area contributed by atoms with Gasteiger partial charge < -0.3 is 21.0 Å². The Morgan fingerprint density at radius 3 is 2.89 bits per heavy atom. The van der Waals surface area contributed by atoms with Crippen molar-refractivity contribution in [2.24, 2.45) is 12.0 Å². The van der Waals surface area contributed by atoms with Gasteiger partial charge in [-0.2, -0.15) is 5.26 Å². The molecule has 134 valence electrons. The Labute approximate surface area is 155 Å². The van der Waals surface area contributed by atoms with E-state index in [1.807, 2.05) is 6.07 Å². The van der Waals surface area contributed by atoms with Crippen molar-refractivity contribution in [3.8, 4) is 17.4 Å². The summed E-state index contributed by atoms with van der Waals surface area (Å²) in [4.78, 5) is 8.62. The number of nitrogens with two attached hydrogens (primary N) is 2. The molecule has 0 saturated carbocycles. The highest BCUT2D eigenvalue weighted by molar-refractivity contribution is 7.21. The first-order valence-electron chi connectivity index (χ1n) is 7.53. The van der Waals surface area contributed by atoms with Crippen LogP contribution in [0.1, 0.15) is 10.4 Å². The van der Waals surface area contributed by atoms with E-state index < -0.39 is 5.90 Å². The van der Waals surface area contributed by atoms with E-state index in [0.29, 0.717) is 21.5 Å². The Balaban J connectivity index is 1.99. The molecule has 0 fully saturated rings. The van der Waals surface area contributed by atoms with Crippen LogP contribution in [0.15, 0.2) is 38.5 Å². The summed E-state index contributed by atoms with van der Waals surface area (Å²) >= 11 is 1.02. The summed E-state index contributed by atoms with van der Waals surface area (Å²) < 4.78 is 11.7. The van der Waals surface area contributed by atoms with Gasteiger partial charge in [0.05, 0.1) is 22.4 Å². The average molecular weight is 381 g/mol. The zero-order chi connectivity index (χ0) is 19.1. The number of nitriles is 1. The maximum atomic E-state index is 12.6. The molecule has 4 aromatic rings. The Bertz CT molecular complexity index is 1230. The highest BCUT2D eigenvalue weighted by Crippen LogP contribution is 2.42. The van der Waals surface area contributed by atoms with Gasteiger partial charge in [-0.05, 0) is 12.1 Å². The van der Waals surface area contributed by atoms with Gasteiger partial charge in [0.15, 0.2) is 12.3 Å². The summed E-state index contributed by atoms with van der Waals surface area (Å²) in [6, 6.07) is 5.37. The summed E-state index contributed by atoms with van der Waals surface area (Å²) in [5.74, 6) is -0.158. The lowest BCUT2D eigenvalue weighted by molar-refractivity contribution is -0.739. The molecule has 4 heterocycles. The van der Waals surface area contributed by atoms with Crippen molar-refractivity contribution < 1.29 is 18.7 Å². The van der Waals surface area contributed by atoms with Crippen molar-refractivity contribution in [2.45, 2.75) is 0 Å². The highest BCUT2D eigenvalue weighted by Gasteiger charge is 2.23. The lowest BCUT2D eigenvalue weighted by Gasteiger charge is -2.08. The lowest BCUT2D eigenvalue weighted by Crippen LogP contribution is -2.27. The number of furan rings is 1. The Morgan fingerprint density at radius 2 is 2.26 bits per heavy atom. The third-order valence-electron chi connectivity index (χ3n) is 3.75. The van der Waals surface area contributed by atoms with E-state index in [1.165, 1.54) is 17.1 Å². The zero-order valence-electron chi connectivity index (χ0n) is 13.8. The quantitative estimate of drug-likeness (QED) is 0.299. The number of nitrogens with zero attached hydrogens (tertiary/aromatic N) is 5. The van der Waals surface area contributed by atoms with Crippen LogP contribution >= 0.6 is 11.3 Å². The van der Waals surface area contributed by atoms with Crippen LogP contribution in [-0.2, 0) is 7.05 Å². The minimum atomic E-state index is -0.616. The predicted octanol–water partition coefficient (Wildman–Crippen LogP) is 0.843. The molecule has 4 rings (SSSR count). The second-order valence-electron chi connectivity index (χ2n) is 5.49. The molecule has 0 bridgehead atoms. The standard InChI is InChI=1S/C16H11N7O3S/c1-23-6-9(26-22-23)20-15(24)13-12(18)11-10(8-3-2-4-25-8)7(5-17)14(19)21-16(11)27-13/h2-4,6H,1H3,(H4-,18,19,20,21,22,24). The SMILES string of the molecule is C[n+]1cc(/N=C(\[O-])c2sc3nc(N)c(C#N)c(-c4ccco4)c3c2N)on1. The first-order valence-corrected chi connectivity index (χ1v) is 8.35. The molecular formula is C16H11N7O3S. The maximum Gasteiger partial charge on any atom is 0.320 e. The van der Waals surface area contributed by atoms with Crippen LogP contribution in [0.3, 0.4) is 0 Å². The molecule has 0 aliphatic heterocycles. The Hall–Kier alpha value is -3.91. The van der Waals surface area contributed by atoms with Gasteiger partial charge in [0, 0.05) is 11.3 Å². The van der Waals surface area contributed by atoms with Crippen LogP contribution in [0.5, 0.6) is 0 Å². The normalized spacial score (nSPS) is 11.8. The maximum absolute atomic E-state index is 12.6. The van der Waals surface area contributed by atoms with Gasteiger partial charge in [-0.15, -0.1) is 11.3 Å². The molecule has 0 saturated heterocycles. The van der Waals surface area contributed by atoms with Crippen molar-refractivity contribution in [3.05, 3.63) is 35.0 Å². The molecule has 0 aliphatic carbocycles. The number of aromatic nitrogens is 3. The number of thiophene rings is 1. The summed E-state index contributed by atoms with van der Waals surface area (Å²) in [6.45, 7) is 0. The van der Waals surface area contributed by atoms with Gasteiger partial charge in [0.1, 0.15) is 28.0 Å². The molecule has 4 aromatic heterocycles. The van der Waals surface area contributed by atoms with Crippen molar-refractivity contribution in [1.29, 1.82) is 5.26 Å². The number of pyridine rings is 1. The first kappa shape index (κ1) is 16.6. The Kier molecular flexibility index (Phi) is 3.75. The monoisotopic (exact) mass is 381 g/mol. The van der Waals surface area contributed by atoms with Crippen LogP contribution in [0.4, 0.5) is 17.4 Å². The molecule has 0 atom stereocenters. The average Bonchev–Trinajstić information content (AvgIpc) is 3.35. The number of rotatable bonds is 3. The fourth-order valence-electron chi connectivity index (χ4n) is 2.62. The second kappa shape index (κ2) is 6.11. The minimum absolute atomic E-state index is 0.0239. The fraction of sp³-hybridized carbons (Fsp3) is 0.0625. The van der Waals surface area contributed by atoms with Crippen molar-refractivity contribution in [2.75, 3.05) is 11.5 Å². The third-order valence-corrected chi connectivity index (χ3v) is 4.84. The molecule has 0 unspecified atom stereocenters. The molecule has 10 nitrogen and oxygen atoms in total. The molecule has 0 aliphatic rings. The minimum Gasteiger partial charge on any atom is -0.857 e. The predicted molar refractivity (Wildman–Crippen MR) is 94.7 cm³/mol. The van der Waals surface area contributed by atoms with E-state index in [1.54, 1.807) is 19.2 Å². The smallest absolute Gasteiger partial charge is 0.320 e. The third kappa shape index (κ3) is 2.64. The van der Waals surface area contributed by atoms with Gasteiger partial charge in [-0.1, -0.05) is 4.68 Å². The second-order valence-corrected chi connectivity index (χ2v) is 6.49. The topological polar surface area (TPSA) is 167 Å². The van der Waals surface area contributed by atoms with Crippen LogP contribution in [0.2, 0.25) is 0 Å². The number of hydrogen-bond donors (Lipinski definition) is 2. The molecule has 0 aromatic carbocycles. The number of aliphatic imine (C=N–C) groups is 1. The summed E-state index contributed by atoms with van der Waals surface area (Å²) in [6.07, 6.45) is 2.91. The van der Waals surface area contributed by atoms with Gasteiger partial charge in [0.2, 0.25) is 0 Å². The van der Waals surface area contributed by atoms with E-state index in [4.69, 9.17) is 20.4 Å². The van der Waals surface area contributed by atoms with Gasteiger partial charge >= 0.3 is 5.88 Å². The van der Waals surface area contributed by atoms with E-state index in [2.05, 4.69) is 15.2 Å². The van der Waals surface area contributed by atoms with Gasteiger partial charge in [0.25, 0.3) is 6.20 Å². The number of fused-ring (bicyclic) bond motifs is 1. The highest BCUT2D eigenvalue weighted by atomic mass is 32.1. The van der Waals surface area contributed by atoms with Crippen LogP contribution in [-0.4, -0.2) is 16.2 Å². The molecule has 27 heavy (non-hydrogen) atoms. The number of anilines is 2. The molecule has 0 amide bonds.